The van der Waals surface area contributed by atoms with Crippen molar-refractivity contribution in [3.8, 4) is 0 Å². The molecule has 0 radical (unpaired) electrons. The van der Waals surface area contributed by atoms with Crippen LogP contribution in [0.5, 0.6) is 0 Å². The number of nitrogens with two attached hydrogens (primary N) is 1. The van der Waals surface area contributed by atoms with Crippen LogP contribution in [-0.2, 0) is 0 Å². The second-order valence-electron chi connectivity index (χ2n) is 4.13. The molecule has 1 saturated heterocycles. The summed E-state index contributed by atoms with van der Waals surface area (Å²) in [4.78, 5) is 14.2. The van der Waals surface area contributed by atoms with Crippen molar-refractivity contribution in [1.29, 1.82) is 0 Å². The molecule has 0 aliphatic carbocycles. The molecule has 1 unspecified atom stereocenters. The van der Waals surface area contributed by atoms with Gasteiger partial charge in [0.1, 0.15) is 0 Å². The van der Waals surface area contributed by atoms with E-state index in [-0.39, 0.29) is 11.9 Å². The maximum atomic E-state index is 12.4. The number of nitrogens with zero attached hydrogens (tertiary/aromatic N) is 1. The zero-order valence-corrected chi connectivity index (χ0v) is 11.7. The molecule has 2 rings (SSSR count). The van der Waals surface area contributed by atoms with Crippen LogP contribution in [0.25, 0.3) is 0 Å². The van der Waals surface area contributed by atoms with E-state index in [1.807, 2.05) is 17.0 Å². The highest BCUT2D eigenvalue weighted by atomic mass is 79.9. The van der Waals surface area contributed by atoms with Crippen molar-refractivity contribution in [2.45, 2.75) is 18.9 Å². The van der Waals surface area contributed by atoms with E-state index in [0.29, 0.717) is 17.1 Å². The summed E-state index contributed by atoms with van der Waals surface area (Å²) in [5.41, 5.74) is 6.21. The van der Waals surface area contributed by atoms with Crippen molar-refractivity contribution in [2.24, 2.45) is 5.73 Å². The molecular weight excluding hydrogens is 304 g/mol. The number of carbonyl (C=O) groups is 1. The Morgan fingerprint density at radius 1 is 1.59 bits per heavy atom. The van der Waals surface area contributed by atoms with Crippen LogP contribution in [0.3, 0.4) is 0 Å². The molecule has 0 aromatic heterocycles. The number of rotatable bonds is 2. The Balaban J connectivity index is 2.28. The quantitative estimate of drug-likeness (QED) is 0.911. The lowest BCUT2D eigenvalue weighted by Crippen LogP contribution is -2.40. The minimum Gasteiger partial charge on any atom is -0.334 e. The Hall–Kier alpha value is -0.580. The van der Waals surface area contributed by atoms with Crippen LogP contribution in [-0.4, -0.2) is 29.9 Å². The summed E-state index contributed by atoms with van der Waals surface area (Å²) in [6.07, 6.45) is 1.99. The van der Waals surface area contributed by atoms with Crippen LogP contribution >= 0.6 is 27.5 Å². The van der Waals surface area contributed by atoms with Gasteiger partial charge < -0.3 is 10.6 Å². The van der Waals surface area contributed by atoms with Crippen LogP contribution in [0, 0.1) is 0 Å². The lowest BCUT2D eigenvalue weighted by atomic mass is 10.1. The average molecular weight is 318 g/mol. The third-order valence-corrected chi connectivity index (χ3v) is 4.39. The Bertz CT molecular complexity index is 439. The molecule has 1 aromatic rings. The topological polar surface area (TPSA) is 46.3 Å². The van der Waals surface area contributed by atoms with Crippen LogP contribution in [0.4, 0.5) is 0 Å². The predicted molar refractivity (Wildman–Crippen MR) is 72.3 cm³/mol. The van der Waals surface area contributed by atoms with E-state index in [9.17, 15) is 4.79 Å². The summed E-state index contributed by atoms with van der Waals surface area (Å²) < 4.78 is 0.744. The third kappa shape index (κ3) is 2.49. The van der Waals surface area contributed by atoms with Crippen molar-refractivity contribution >= 4 is 33.4 Å². The zero-order valence-electron chi connectivity index (χ0n) is 9.33. The molecule has 1 heterocycles. The van der Waals surface area contributed by atoms with Gasteiger partial charge in [-0.15, -0.1) is 0 Å². The summed E-state index contributed by atoms with van der Waals surface area (Å²) in [7, 11) is 0. The molecule has 0 bridgehead atoms. The molecule has 0 spiro atoms. The fourth-order valence-electron chi connectivity index (χ4n) is 2.17. The molecule has 1 aliphatic rings. The highest BCUT2D eigenvalue weighted by Gasteiger charge is 2.29. The van der Waals surface area contributed by atoms with Crippen LogP contribution in [0.15, 0.2) is 22.7 Å². The van der Waals surface area contributed by atoms with E-state index >= 15 is 0 Å². The zero-order chi connectivity index (χ0) is 12.4. The normalized spacial score (nSPS) is 19.7. The average Bonchev–Trinajstić information content (AvgIpc) is 2.80. The smallest absolute Gasteiger partial charge is 0.255 e. The van der Waals surface area contributed by atoms with Crippen LogP contribution in [0.1, 0.15) is 23.2 Å². The van der Waals surface area contributed by atoms with Crippen molar-refractivity contribution in [2.75, 3.05) is 13.1 Å². The van der Waals surface area contributed by atoms with Gasteiger partial charge in [0.25, 0.3) is 5.91 Å². The van der Waals surface area contributed by atoms with Gasteiger partial charge in [0.15, 0.2) is 0 Å². The van der Waals surface area contributed by atoms with Gasteiger partial charge in [-0.25, -0.2) is 0 Å². The Morgan fingerprint density at radius 3 is 3.06 bits per heavy atom. The van der Waals surface area contributed by atoms with Gasteiger partial charge in [-0.2, -0.15) is 0 Å². The van der Waals surface area contributed by atoms with E-state index in [2.05, 4.69) is 15.9 Å². The molecular formula is C12H14BrClN2O. The van der Waals surface area contributed by atoms with E-state index in [1.54, 1.807) is 6.07 Å². The van der Waals surface area contributed by atoms with Gasteiger partial charge in [-0.1, -0.05) is 17.7 Å². The first-order valence-corrected chi connectivity index (χ1v) is 6.77. The molecule has 1 fully saturated rings. The van der Waals surface area contributed by atoms with E-state index < -0.39 is 0 Å². The summed E-state index contributed by atoms with van der Waals surface area (Å²) in [5, 5.41) is 0.472. The first kappa shape index (κ1) is 12.9. The monoisotopic (exact) mass is 316 g/mol. The molecule has 5 heteroatoms. The van der Waals surface area contributed by atoms with Crippen molar-refractivity contribution in [3.63, 3.8) is 0 Å². The Kier molecular flexibility index (Phi) is 4.07. The lowest BCUT2D eigenvalue weighted by molar-refractivity contribution is 0.0741. The molecule has 2 N–H and O–H groups in total. The van der Waals surface area contributed by atoms with E-state index in [4.69, 9.17) is 17.3 Å². The van der Waals surface area contributed by atoms with Gasteiger partial charge in [0.2, 0.25) is 0 Å². The summed E-state index contributed by atoms with van der Waals surface area (Å²) in [6.45, 7) is 1.28. The number of halogens is 2. The van der Waals surface area contributed by atoms with Gasteiger partial charge >= 0.3 is 0 Å². The van der Waals surface area contributed by atoms with Crippen LogP contribution < -0.4 is 5.73 Å². The molecule has 3 nitrogen and oxygen atoms in total. The molecule has 1 aliphatic heterocycles. The number of hydrogen-bond donors (Lipinski definition) is 1. The predicted octanol–water partition coefficient (Wildman–Crippen LogP) is 2.67. The van der Waals surface area contributed by atoms with E-state index in [0.717, 1.165) is 23.9 Å². The first-order chi connectivity index (χ1) is 8.15. The summed E-state index contributed by atoms with van der Waals surface area (Å²) in [6, 6.07) is 5.54. The minimum atomic E-state index is -0.0238. The maximum absolute atomic E-state index is 12.4. The van der Waals surface area contributed by atoms with Gasteiger partial charge in [0, 0.05) is 23.6 Å². The third-order valence-electron chi connectivity index (χ3n) is 3.09. The first-order valence-electron chi connectivity index (χ1n) is 5.60. The Morgan fingerprint density at radius 2 is 2.35 bits per heavy atom. The maximum Gasteiger partial charge on any atom is 0.255 e. The summed E-state index contributed by atoms with van der Waals surface area (Å²) in [5.74, 6) is -0.0238. The number of carbonyl (C=O) groups excluding carboxylic acids is 1. The van der Waals surface area contributed by atoms with Crippen molar-refractivity contribution < 1.29 is 4.79 Å². The van der Waals surface area contributed by atoms with E-state index in [1.165, 1.54) is 0 Å². The lowest BCUT2D eigenvalue weighted by Gasteiger charge is -2.24. The molecule has 92 valence electrons. The number of amides is 1. The molecule has 1 amide bonds. The number of hydrogen-bond acceptors (Lipinski definition) is 2. The van der Waals surface area contributed by atoms with Crippen molar-refractivity contribution in [3.05, 3.63) is 33.3 Å². The SMILES string of the molecule is NCC1CCCN1C(=O)c1cccc(Br)c1Cl. The van der Waals surface area contributed by atoms with Gasteiger partial charge in [-0.3, -0.25) is 4.79 Å². The van der Waals surface area contributed by atoms with Gasteiger partial charge in [0.05, 0.1) is 10.6 Å². The fraction of sp³-hybridized carbons (Fsp3) is 0.417. The standard InChI is InChI=1S/C12H14BrClN2O/c13-10-5-1-4-9(11(10)14)12(17)16-6-2-3-8(16)7-15/h1,4-5,8H,2-3,6-7,15H2. The second kappa shape index (κ2) is 5.38. The second-order valence-corrected chi connectivity index (χ2v) is 5.36. The summed E-state index contributed by atoms with van der Waals surface area (Å²) >= 11 is 9.46. The van der Waals surface area contributed by atoms with Gasteiger partial charge in [-0.05, 0) is 40.9 Å². The Labute approximate surface area is 114 Å². The number of likely N-dealkylation sites (tertiary alicyclic amines) is 1. The molecule has 17 heavy (non-hydrogen) atoms. The largest absolute Gasteiger partial charge is 0.334 e. The number of benzene rings is 1. The highest BCUT2D eigenvalue weighted by Crippen LogP contribution is 2.28. The van der Waals surface area contributed by atoms with Crippen molar-refractivity contribution in [1.82, 2.24) is 4.90 Å². The minimum absolute atomic E-state index is 0.0238. The molecule has 1 atom stereocenters. The van der Waals surface area contributed by atoms with Crippen LogP contribution in [0.2, 0.25) is 5.02 Å². The highest BCUT2D eigenvalue weighted by molar-refractivity contribution is 9.10. The fourth-order valence-corrected chi connectivity index (χ4v) is 2.74. The molecule has 0 saturated carbocycles. The molecule has 1 aromatic carbocycles.